The molecule has 0 bridgehead atoms. The summed E-state index contributed by atoms with van der Waals surface area (Å²) in [4.78, 5) is 35.9. The van der Waals surface area contributed by atoms with Gasteiger partial charge in [-0.05, 0) is 30.2 Å². The van der Waals surface area contributed by atoms with Crippen LogP contribution in [-0.4, -0.2) is 56.2 Å². The van der Waals surface area contributed by atoms with Gasteiger partial charge in [-0.25, -0.2) is 9.59 Å². The molecule has 0 saturated carbocycles. The predicted molar refractivity (Wildman–Crippen MR) is 98.5 cm³/mol. The Hall–Kier alpha value is -3.03. The standard InChI is InChI=1S/C19H24N2O6/c1-3-4-11-26-15-7-5-14(12-16(15)25-2)6-8-18(23)27-13-17(22)21-10-9-20-19(21)24/h5-8,12H,3-4,9-11,13H2,1-2H3,(H,20,24)/b8-6+. The quantitative estimate of drug-likeness (QED) is 0.402. The molecule has 1 heterocycles. The van der Waals surface area contributed by atoms with Gasteiger partial charge in [-0.3, -0.25) is 9.69 Å². The van der Waals surface area contributed by atoms with Gasteiger partial charge in [-0.1, -0.05) is 19.4 Å². The van der Waals surface area contributed by atoms with Crippen molar-refractivity contribution in [3.05, 3.63) is 29.8 Å². The maximum atomic E-state index is 11.8. The fourth-order valence-electron chi connectivity index (χ4n) is 2.37. The second-order valence-corrected chi connectivity index (χ2v) is 5.83. The van der Waals surface area contributed by atoms with Crippen molar-refractivity contribution >= 4 is 24.0 Å². The molecule has 2 rings (SSSR count). The lowest BCUT2D eigenvalue weighted by atomic mass is 10.2. The summed E-state index contributed by atoms with van der Waals surface area (Å²) in [6.45, 7) is 2.89. The van der Waals surface area contributed by atoms with Gasteiger partial charge in [0.1, 0.15) is 0 Å². The average molecular weight is 376 g/mol. The Morgan fingerprint density at radius 1 is 1.30 bits per heavy atom. The van der Waals surface area contributed by atoms with E-state index < -0.39 is 24.5 Å². The van der Waals surface area contributed by atoms with E-state index in [0.29, 0.717) is 24.7 Å². The van der Waals surface area contributed by atoms with Crippen LogP contribution in [0.1, 0.15) is 25.3 Å². The van der Waals surface area contributed by atoms with Crippen molar-refractivity contribution < 1.29 is 28.6 Å². The SMILES string of the molecule is CCCCOc1ccc(/C=C/C(=O)OCC(=O)N2CCNC2=O)cc1OC. The number of nitrogens with one attached hydrogen (secondary N) is 1. The van der Waals surface area contributed by atoms with Crippen molar-refractivity contribution in [3.63, 3.8) is 0 Å². The zero-order valence-corrected chi connectivity index (χ0v) is 15.5. The fraction of sp³-hybridized carbons (Fsp3) is 0.421. The number of carbonyl (C=O) groups is 3. The van der Waals surface area contributed by atoms with E-state index in [9.17, 15) is 14.4 Å². The largest absolute Gasteiger partial charge is 0.493 e. The van der Waals surface area contributed by atoms with E-state index in [1.807, 2.05) is 0 Å². The molecule has 1 N–H and O–H groups in total. The zero-order chi connectivity index (χ0) is 19.6. The maximum Gasteiger partial charge on any atom is 0.331 e. The summed E-state index contributed by atoms with van der Waals surface area (Å²) in [6, 6.07) is 4.83. The van der Waals surface area contributed by atoms with E-state index in [-0.39, 0.29) is 6.54 Å². The van der Waals surface area contributed by atoms with Crippen LogP contribution in [0.2, 0.25) is 0 Å². The fourth-order valence-corrected chi connectivity index (χ4v) is 2.37. The number of ether oxygens (including phenoxy) is 3. The summed E-state index contributed by atoms with van der Waals surface area (Å²) in [7, 11) is 1.55. The third kappa shape index (κ3) is 6.02. The second-order valence-electron chi connectivity index (χ2n) is 5.83. The van der Waals surface area contributed by atoms with Crippen LogP contribution in [0.25, 0.3) is 6.08 Å². The Kier molecular flexibility index (Phi) is 7.66. The Bertz CT molecular complexity index is 716. The number of nitrogens with zero attached hydrogens (tertiary/aromatic N) is 1. The Morgan fingerprint density at radius 2 is 2.11 bits per heavy atom. The van der Waals surface area contributed by atoms with Crippen LogP contribution in [0, 0.1) is 0 Å². The molecule has 0 atom stereocenters. The molecule has 0 aliphatic carbocycles. The predicted octanol–water partition coefficient (Wildman–Crippen LogP) is 1.98. The molecule has 8 nitrogen and oxygen atoms in total. The first-order valence-corrected chi connectivity index (χ1v) is 8.79. The molecule has 0 unspecified atom stereocenters. The van der Waals surface area contributed by atoms with Gasteiger partial charge >= 0.3 is 12.0 Å². The number of methoxy groups -OCH3 is 1. The number of hydrogen-bond donors (Lipinski definition) is 1. The minimum atomic E-state index is -0.676. The van der Waals surface area contributed by atoms with E-state index in [2.05, 4.69) is 12.2 Å². The van der Waals surface area contributed by atoms with Crippen molar-refractivity contribution in [1.29, 1.82) is 0 Å². The summed E-state index contributed by atoms with van der Waals surface area (Å²) in [5.41, 5.74) is 0.719. The maximum absolute atomic E-state index is 11.8. The van der Waals surface area contributed by atoms with Gasteiger partial charge in [0, 0.05) is 19.2 Å². The molecule has 0 aromatic heterocycles. The van der Waals surface area contributed by atoms with Gasteiger partial charge in [-0.2, -0.15) is 0 Å². The van der Waals surface area contributed by atoms with E-state index in [1.165, 1.54) is 6.08 Å². The lowest BCUT2D eigenvalue weighted by Crippen LogP contribution is -2.37. The van der Waals surface area contributed by atoms with E-state index in [1.54, 1.807) is 31.4 Å². The normalized spacial score (nSPS) is 13.6. The second kappa shape index (κ2) is 10.2. The molecule has 146 valence electrons. The van der Waals surface area contributed by atoms with Crippen LogP contribution in [0.3, 0.4) is 0 Å². The van der Waals surface area contributed by atoms with Crippen LogP contribution in [0.5, 0.6) is 11.5 Å². The first kappa shape index (κ1) is 20.3. The molecule has 8 heteroatoms. The molecule has 1 aliphatic heterocycles. The summed E-state index contributed by atoms with van der Waals surface area (Å²) >= 11 is 0. The smallest absolute Gasteiger partial charge is 0.331 e. The van der Waals surface area contributed by atoms with Gasteiger partial charge in [0.05, 0.1) is 13.7 Å². The Balaban J connectivity index is 1.87. The highest BCUT2D eigenvalue weighted by molar-refractivity contribution is 5.97. The van der Waals surface area contributed by atoms with Crippen molar-refractivity contribution in [3.8, 4) is 11.5 Å². The first-order chi connectivity index (χ1) is 13.0. The van der Waals surface area contributed by atoms with E-state index >= 15 is 0 Å². The molecular weight excluding hydrogens is 352 g/mol. The lowest BCUT2D eigenvalue weighted by Gasteiger charge is -2.11. The number of hydrogen-bond acceptors (Lipinski definition) is 6. The highest BCUT2D eigenvalue weighted by Crippen LogP contribution is 2.28. The number of amides is 3. The number of rotatable bonds is 9. The number of esters is 1. The third-order valence-corrected chi connectivity index (χ3v) is 3.85. The van der Waals surface area contributed by atoms with Crippen LogP contribution < -0.4 is 14.8 Å². The summed E-state index contributed by atoms with van der Waals surface area (Å²) in [5, 5.41) is 2.51. The molecule has 1 aliphatic rings. The van der Waals surface area contributed by atoms with Crippen molar-refractivity contribution in [2.24, 2.45) is 0 Å². The zero-order valence-electron chi connectivity index (χ0n) is 15.5. The molecule has 1 aromatic carbocycles. The minimum Gasteiger partial charge on any atom is -0.493 e. The summed E-state index contributed by atoms with van der Waals surface area (Å²) < 4.78 is 15.8. The number of imide groups is 1. The molecule has 1 aromatic rings. The van der Waals surface area contributed by atoms with Crippen LogP contribution in [0.4, 0.5) is 4.79 Å². The van der Waals surface area contributed by atoms with Gasteiger partial charge in [0.25, 0.3) is 5.91 Å². The summed E-state index contributed by atoms with van der Waals surface area (Å²) in [6.07, 6.45) is 4.75. The van der Waals surface area contributed by atoms with Crippen LogP contribution in [-0.2, 0) is 14.3 Å². The van der Waals surface area contributed by atoms with Gasteiger partial charge in [-0.15, -0.1) is 0 Å². The number of unbranched alkanes of at least 4 members (excludes halogenated alkanes) is 1. The molecule has 0 radical (unpaired) electrons. The van der Waals surface area contributed by atoms with Gasteiger partial charge < -0.3 is 19.5 Å². The summed E-state index contributed by atoms with van der Waals surface area (Å²) in [5.74, 6) is -0.0239. The minimum absolute atomic E-state index is 0.275. The van der Waals surface area contributed by atoms with E-state index in [4.69, 9.17) is 14.2 Å². The van der Waals surface area contributed by atoms with Crippen molar-refractivity contribution in [1.82, 2.24) is 10.2 Å². The topological polar surface area (TPSA) is 94.2 Å². The van der Waals surface area contributed by atoms with E-state index in [0.717, 1.165) is 23.3 Å². The third-order valence-electron chi connectivity index (χ3n) is 3.85. The number of urea groups is 1. The number of benzene rings is 1. The van der Waals surface area contributed by atoms with Crippen LogP contribution in [0.15, 0.2) is 24.3 Å². The highest BCUT2D eigenvalue weighted by atomic mass is 16.5. The molecule has 3 amide bonds. The lowest BCUT2D eigenvalue weighted by molar-refractivity contribution is -0.146. The molecule has 0 spiro atoms. The monoisotopic (exact) mass is 376 g/mol. The average Bonchev–Trinajstić information content (AvgIpc) is 3.11. The molecular formula is C19H24N2O6. The molecule has 27 heavy (non-hydrogen) atoms. The van der Waals surface area contributed by atoms with Crippen molar-refractivity contribution in [2.75, 3.05) is 33.4 Å². The Labute approximate surface area is 158 Å². The van der Waals surface area contributed by atoms with Gasteiger partial charge in [0.15, 0.2) is 18.1 Å². The first-order valence-electron chi connectivity index (χ1n) is 8.79. The van der Waals surface area contributed by atoms with Crippen molar-refractivity contribution in [2.45, 2.75) is 19.8 Å². The molecule has 1 saturated heterocycles. The molecule has 1 fully saturated rings. The number of carbonyl (C=O) groups excluding carboxylic acids is 3. The Morgan fingerprint density at radius 3 is 2.78 bits per heavy atom. The van der Waals surface area contributed by atoms with Gasteiger partial charge in [0.2, 0.25) is 0 Å². The van der Waals surface area contributed by atoms with Crippen LogP contribution >= 0.6 is 0 Å². The highest BCUT2D eigenvalue weighted by Gasteiger charge is 2.26.